The third kappa shape index (κ3) is 3.44. The Kier molecular flexibility index (Phi) is 4.46. The van der Waals surface area contributed by atoms with Gasteiger partial charge in [0.05, 0.1) is 25.3 Å². The number of para-hydroxylation sites is 1. The van der Waals surface area contributed by atoms with Gasteiger partial charge in [-0.1, -0.05) is 24.3 Å². The van der Waals surface area contributed by atoms with E-state index in [1.165, 1.54) is 0 Å². The van der Waals surface area contributed by atoms with E-state index in [4.69, 9.17) is 9.47 Å². The van der Waals surface area contributed by atoms with Crippen molar-refractivity contribution in [2.24, 2.45) is 0 Å². The Morgan fingerprint density at radius 1 is 1.30 bits per heavy atom. The molecule has 1 aromatic heterocycles. The van der Waals surface area contributed by atoms with Crippen LogP contribution in [-0.2, 0) is 17.8 Å². The van der Waals surface area contributed by atoms with Crippen molar-refractivity contribution in [1.82, 2.24) is 9.88 Å². The van der Waals surface area contributed by atoms with Crippen LogP contribution in [0.4, 0.5) is 0 Å². The Balaban J connectivity index is 1.77. The Bertz CT molecular complexity index is 702. The molecular weight excluding hydrogens is 292 g/mol. The summed E-state index contributed by atoms with van der Waals surface area (Å²) < 4.78 is 10.9. The average Bonchev–Trinajstić information content (AvgIpc) is 2.74. The zero-order chi connectivity index (χ0) is 16.2. The van der Waals surface area contributed by atoms with Gasteiger partial charge in [-0.15, -0.1) is 0 Å². The third-order valence-corrected chi connectivity index (χ3v) is 3.97. The fourth-order valence-electron chi connectivity index (χ4n) is 2.68. The maximum absolute atomic E-state index is 12.7. The summed E-state index contributed by atoms with van der Waals surface area (Å²) in [5.74, 6) is 1.42. The van der Waals surface area contributed by atoms with Gasteiger partial charge >= 0.3 is 0 Å². The number of benzene rings is 1. The van der Waals surface area contributed by atoms with Crippen LogP contribution < -0.4 is 9.47 Å². The number of fused-ring (bicyclic) bond motifs is 1. The number of ether oxygens (including phenoxy) is 2. The molecule has 0 fully saturated rings. The van der Waals surface area contributed by atoms with Gasteiger partial charge in [-0.05, 0) is 19.1 Å². The quantitative estimate of drug-likeness (QED) is 0.873. The zero-order valence-corrected chi connectivity index (χ0v) is 13.4. The van der Waals surface area contributed by atoms with Gasteiger partial charge in [0.2, 0.25) is 11.8 Å². The van der Waals surface area contributed by atoms with Gasteiger partial charge in [0.1, 0.15) is 12.4 Å². The second-order valence-corrected chi connectivity index (χ2v) is 5.64. The van der Waals surface area contributed by atoms with Gasteiger partial charge in [-0.25, -0.2) is 4.98 Å². The smallest absolute Gasteiger partial charge is 0.229 e. The van der Waals surface area contributed by atoms with E-state index in [0.717, 1.165) is 11.3 Å². The number of hydrogen-bond acceptors (Lipinski definition) is 4. The topological polar surface area (TPSA) is 51.7 Å². The lowest BCUT2D eigenvalue weighted by Crippen LogP contribution is -2.40. The van der Waals surface area contributed by atoms with E-state index in [2.05, 4.69) is 4.98 Å². The van der Waals surface area contributed by atoms with E-state index in [1.54, 1.807) is 13.2 Å². The predicted octanol–water partition coefficient (Wildman–Crippen LogP) is 2.44. The molecule has 5 heteroatoms. The summed E-state index contributed by atoms with van der Waals surface area (Å²) in [5.41, 5.74) is 1.74. The number of pyridine rings is 1. The van der Waals surface area contributed by atoms with Crippen molar-refractivity contribution in [3.63, 3.8) is 0 Å². The van der Waals surface area contributed by atoms with Crippen LogP contribution in [0.5, 0.6) is 11.6 Å². The van der Waals surface area contributed by atoms with Gasteiger partial charge in [-0.3, -0.25) is 4.79 Å². The first-order chi connectivity index (χ1) is 11.2. The van der Waals surface area contributed by atoms with Crippen molar-refractivity contribution in [3.05, 3.63) is 53.7 Å². The minimum absolute atomic E-state index is 0.0144. The maximum Gasteiger partial charge on any atom is 0.229 e. The molecule has 3 rings (SSSR count). The Morgan fingerprint density at radius 3 is 2.96 bits per heavy atom. The van der Waals surface area contributed by atoms with E-state index in [-0.39, 0.29) is 18.4 Å². The molecule has 0 radical (unpaired) electrons. The van der Waals surface area contributed by atoms with Crippen LogP contribution in [0.15, 0.2) is 42.5 Å². The first-order valence-corrected chi connectivity index (χ1v) is 7.67. The number of rotatable bonds is 3. The Hall–Kier alpha value is -2.56. The van der Waals surface area contributed by atoms with Crippen molar-refractivity contribution in [2.45, 2.75) is 25.9 Å². The van der Waals surface area contributed by atoms with Gasteiger partial charge in [0.15, 0.2) is 0 Å². The molecule has 0 saturated heterocycles. The summed E-state index contributed by atoms with van der Waals surface area (Å²) in [4.78, 5) is 18.9. The highest BCUT2D eigenvalue weighted by molar-refractivity contribution is 5.79. The summed E-state index contributed by atoms with van der Waals surface area (Å²) in [6, 6.07) is 13.3. The number of carbonyl (C=O) groups is 1. The molecule has 0 bridgehead atoms. The average molecular weight is 312 g/mol. The number of carbonyl (C=O) groups excluding carboxylic acids is 1. The molecule has 0 N–H and O–H groups in total. The Labute approximate surface area is 135 Å². The zero-order valence-electron chi connectivity index (χ0n) is 13.4. The molecule has 1 unspecified atom stereocenters. The lowest BCUT2D eigenvalue weighted by Gasteiger charge is -2.26. The highest BCUT2D eigenvalue weighted by atomic mass is 16.5. The number of methoxy groups -OCH3 is 1. The molecular formula is C18H20N2O3. The predicted molar refractivity (Wildman–Crippen MR) is 86.4 cm³/mol. The standard InChI is InChI=1S/C18H20N2O3/c1-13-12-23-16-8-4-3-6-14(16)11-20(13)18(21)10-15-7-5-9-17(19-15)22-2/h3-9,13H,10-12H2,1-2H3. The van der Waals surface area contributed by atoms with Gasteiger partial charge in [0.25, 0.3) is 0 Å². The molecule has 1 aliphatic heterocycles. The Morgan fingerprint density at radius 2 is 2.13 bits per heavy atom. The second kappa shape index (κ2) is 6.69. The molecule has 2 heterocycles. The highest BCUT2D eigenvalue weighted by Gasteiger charge is 2.25. The SMILES string of the molecule is COc1cccc(CC(=O)N2Cc3ccccc3OCC2C)n1. The number of hydrogen-bond donors (Lipinski definition) is 0. The third-order valence-electron chi connectivity index (χ3n) is 3.97. The molecule has 0 spiro atoms. The van der Waals surface area contributed by atoms with Crippen molar-refractivity contribution in [2.75, 3.05) is 13.7 Å². The lowest BCUT2D eigenvalue weighted by atomic mass is 10.1. The number of aromatic nitrogens is 1. The van der Waals surface area contributed by atoms with Crippen LogP contribution in [0.1, 0.15) is 18.2 Å². The summed E-state index contributed by atoms with van der Waals surface area (Å²) in [6.45, 7) is 3.05. The fraction of sp³-hybridized carbons (Fsp3) is 0.333. The van der Waals surface area contributed by atoms with Crippen molar-refractivity contribution in [3.8, 4) is 11.6 Å². The first kappa shape index (κ1) is 15.3. The molecule has 0 saturated carbocycles. The monoisotopic (exact) mass is 312 g/mol. The van der Waals surface area contributed by atoms with E-state index >= 15 is 0 Å². The molecule has 2 aromatic rings. The summed E-state index contributed by atoms with van der Waals surface area (Å²) in [5, 5.41) is 0. The second-order valence-electron chi connectivity index (χ2n) is 5.64. The highest BCUT2D eigenvalue weighted by Crippen LogP contribution is 2.25. The lowest BCUT2D eigenvalue weighted by molar-refractivity contribution is -0.133. The van der Waals surface area contributed by atoms with Crippen molar-refractivity contribution < 1.29 is 14.3 Å². The fourth-order valence-corrected chi connectivity index (χ4v) is 2.68. The maximum atomic E-state index is 12.7. The van der Waals surface area contributed by atoms with Gasteiger partial charge in [-0.2, -0.15) is 0 Å². The van der Waals surface area contributed by atoms with Crippen LogP contribution in [-0.4, -0.2) is 35.5 Å². The van der Waals surface area contributed by atoms with E-state index < -0.39 is 0 Å². The number of nitrogens with zero attached hydrogens (tertiary/aromatic N) is 2. The van der Waals surface area contributed by atoms with Crippen LogP contribution in [0.25, 0.3) is 0 Å². The summed E-state index contributed by atoms with van der Waals surface area (Å²) >= 11 is 0. The normalized spacial score (nSPS) is 17.0. The molecule has 23 heavy (non-hydrogen) atoms. The van der Waals surface area contributed by atoms with E-state index in [9.17, 15) is 4.79 Å². The summed E-state index contributed by atoms with van der Waals surface area (Å²) in [6.07, 6.45) is 0.254. The van der Waals surface area contributed by atoms with Crippen LogP contribution in [0.2, 0.25) is 0 Å². The first-order valence-electron chi connectivity index (χ1n) is 7.67. The van der Waals surface area contributed by atoms with E-state index in [1.807, 2.05) is 48.2 Å². The minimum atomic E-state index is 0.0144. The largest absolute Gasteiger partial charge is 0.491 e. The summed E-state index contributed by atoms with van der Waals surface area (Å²) in [7, 11) is 1.57. The molecule has 1 aromatic carbocycles. The van der Waals surface area contributed by atoms with Crippen molar-refractivity contribution >= 4 is 5.91 Å². The molecule has 1 amide bonds. The minimum Gasteiger partial charge on any atom is -0.491 e. The van der Waals surface area contributed by atoms with Gasteiger partial charge in [0, 0.05) is 18.2 Å². The van der Waals surface area contributed by atoms with Crippen LogP contribution >= 0.6 is 0 Å². The van der Waals surface area contributed by atoms with E-state index in [0.29, 0.717) is 24.7 Å². The van der Waals surface area contributed by atoms with Crippen LogP contribution in [0.3, 0.4) is 0 Å². The molecule has 120 valence electrons. The molecule has 5 nitrogen and oxygen atoms in total. The van der Waals surface area contributed by atoms with Crippen LogP contribution in [0, 0.1) is 0 Å². The molecule has 1 aliphatic rings. The van der Waals surface area contributed by atoms with Gasteiger partial charge < -0.3 is 14.4 Å². The van der Waals surface area contributed by atoms with Crippen molar-refractivity contribution in [1.29, 1.82) is 0 Å². The number of amides is 1. The molecule has 1 atom stereocenters. The molecule has 0 aliphatic carbocycles.